The Kier molecular flexibility index (Phi) is 4.01. The van der Waals surface area contributed by atoms with E-state index in [2.05, 4.69) is 10.3 Å². The Morgan fingerprint density at radius 3 is 2.72 bits per heavy atom. The van der Waals surface area contributed by atoms with Crippen LogP contribution in [0.15, 0.2) is 36.5 Å². The zero-order chi connectivity index (χ0) is 13.0. The van der Waals surface area contributed by atoms with Crippen molar-refractivity contribution in [3.8, 4) is 0 Å². The fraction of sp³-hybridized carbons (Fsp3) is 0.0833. The van der Waals surface area contributed by atoms with Gasteiger partial charge in [-0.1, -0.05) is 53.9 Å². The van der Waals surface area contributed by atoms with Gasteiger partial charge in [0.2, 0.25) is 5.91 Å². The van der Waals surface area contributed by atoms with Crippen LogP contribution in [0.5, 0.6) is 0 Å². The van der Waals surface area contributed by atoms with E-state index in [9.17, 15) is 4.79 Å². The summed E-state index contributed by atoms with van der Waals surface area (Å²) in [5.41, 5.74) is 6.41. The molecule has 0 saturated carbocycles. The van der Waals surface area contributed by atoms with Crippen molar-refractivity contribution < 1.29 is 4.79 Å². The van der Waals surface area contributed by atoms with Crippen LogP contribution in [0.4, 0.5) is 5.00 Å². The highest BCUT2D eigenvalue weighted by Gasteiger charge is 2.08. The molecule has 6 heteroatoms. The highest BCUT2D eigenvalue weighted by Crippen LogP contribution is 2.18. The summed E-state index contributed by atoms with van der Waals surface area (Å²) >= 11 is 6.08. The lowest BCUT2D eigenvalue weighted by molar-refractivity contribution is -0.115. The minimum Gasteiger partial charge on any atom is -0.387 e. The van der Waals surface area contributed by atoms with E-state index in [-0.39, 0.29) is 10.9 Å². The maximum Gasteiger partial charge on any atom is 0.229 e. The second kappa shape index (κ2) is 5.70. The van der Waals surface area contributed by atoms with Crippen LogP contribution in [0.2, 0.25) is 0 Å². The van der Waals surface area contributed by atoms with Crippen LogP contribution in [0.25, 0.3) is 0 Å². The molecule has 2 rings (SSSR count). The van der Waals surface area contributed by atoms with Crippen LogP contribution in [0.1, 0.15) is 10.6 Å². The van der Waals surface area contributed by atoms with Gasteiger partial charge in [0.15, 0.2) is 5.01 Å². The number of carbonyl (C=O) groups is 1. The molecule has 92 valence electrons. The third kappa shape index (κ3) is 3.35. The van der Waals surface area contributed by atoms with Gasteiger partial charge in [-0.15, -0.1) is 0 Å². The molecule has 0 unspecified atom stereocenters. The molecule has 0 atom stereocenters. The first-order valence-corrected chi connectivity index (χ1v) is 6.47. The van der Waals surface area contributed by atoms with Crippen molar-refractivity contribution in [2.45, 2.75) is 6.42 Å². The molecular weight excluding hydrogens is 266 g/mol. The average Bonchev–Trinajstić information content (AvgIpc) is 2.78. The van der Waals surface area contributed by atoms with Gasteiger partial charge in [-0.2, -0.15) is 0 Å². The molecule has 1 heterocycles. The number of amides is 1. The summed E-state index contributed by atoms with van der Waals surface area (Å²) in [5.74, 6) is -0.0839. The number of benzene rings is 1. The van der Waals surface area contributed by atoms with E-state index in [1.165, 1.54) is 11.3 Å². The second-order valence-corrected chi connectivity index (χ2v) is 5.07. The van der Waals surface area contributed by atoms with E-state index in [4.69, 9.17) is 18.0 Å². The van der Waals surface area contributed by atoms with Crippen molar-refractivity contribution in [3.63, 3.8) is 0 Å². The minimum atomic E-state index is -0.0839. The summed E-state index contributed by atoms with van der Waals surface area (Å²) in [7, 11) is 0. The highest BCUT2D eigenvalue weighted by molar-refractivity contribution is 7.81. The van der Waals surface area contributed by atoms with Crippen LogP contribution in [0, 0.1) is 0 Å². The van der Waals surface area contributed by atoms with Gasteiger partial charge in [-0.05, 0) is 5.56 Å². The summed E-state index contributed by atoms with van der Waals surface area (Å²) in [6.07, 6.45) is 1.89. The third-order valence-corrected chi connectivity index (χ3v) is 3.46. The monoisotopic (exact) mass is 277 g/mol. The van der Waals surface area contributed by atoms with Gasteiger partial charge in [-0.25, -0.2) is 4.98 Å². The Bertz CT molecular complexity index is 566. The molecule has 1 aromatic heterocycles. The van der Waals surface area contributed by atoms with Gasteiger partial charge in [0.1, 0.15) is 9.99 Å². The van der Waals surface area contributed by atoms with Crippen LogP contribution in [0.3, 0.4) is 0 Å². The van der Waals surface area contributed by atoms with Crippen LogP contribution >= 0.6 is 23.6 Å². The van der Waals surface area contributed by atoms with Crippen molar-refractivity contribution in [2.24, 2.45) is 5.73 Å². The minimum absolute atomic E-state index is 0.0839. The topological polar surface area (TPSA) is 68.0 Å². The number of hydrogen-bond acceptors (Lipinski definition) is 4. The molecule has 0 spiro atoms. The first kappa shape index (κ1) is 12.7. The molecule has 0 saturated heterocycles. The SMILES string of the molecule is NC(=S)c1ncc(NC(=O)Cc2ccccc2)s1. The number of nitrogens with zero attached hydrogens (tertiary/aromatic N) is 1. The summed E-state index contributed by atoms with van der Waals surface area (Å²) < 4.78 is 0. The lowest BCUT2D eigenvalue weighted by atomic mass is 10.1. The Hall–Kier alpha value is -1.79. The number of carbonyl (C=O) groups excluding carboxylic acids is 1. The van der Waals surface area contributed by atoms with Crippen molar-refractivity contribution in [3.05, 3.63) is 47.1 Å². The zero-order valence-corrected chi connectivity index (χ0v) is 11.1. The molecule has 1 amide bonds. The molecule has 18 heavy (non-hydrogen) atoms. The standard InChI is InChI=1S/C12H11N3OS2/c13-11(17)12-14-7-10(18-12)15-9(16)6-8-4-2-1-3-5-8/h1-5,7H,6H2,(H2,13,17)(H,15,16). The number of rotatable bonds is 4. The largest absolute Gasteiger partial charge is 0.387 e. The van der Waals surface area contributed by atoms with E-state index in [0.717, 1.165) is 5.56 Å². The number of aromatic nitrogens is 1. The van der Waals surface area contributed by atoms with Crippen molar-refractivity contribution >= 4 is 39.5 Å². The molecule has 1 aromatic carbocycles. The maximum atomic E-state index is 11.8. The molecule has 0 aliphatic rings. The fourth-order valence-corrected chi connectivity index (χ4v) is 2.27. The Labute approximate surface area is 114 Å². The molecule has 0 bridgehead atoms. The van der Waals surface area contributed by atoms with E-state index < -0.39 is 0 Å². The van der Waals surface area contributed by atoms with Crippen molar-refractivity contribution in [2.75, 3.05) is 5.32 Å². The smallest absolute Gasteiger partial charge is 0.229 e. The van der Waals surface area contributed by atoms with Gasteiger partial charge in [-0.3, -0.25) is 4.79 Å². The predicted octanol–water partition coefficient (Wildman–Crippen LogP) is 1.96. The molecule has 2 aromatic rings. The quantitative estimate of drug-likeness (QED) is 0.838. The normalized spacial score (nSPS) is 10.0. The van der Waals surface area contributed by atoms with Crippen molar-refractivity contribution in [1.29, 1.82) is 0 Å². The lowest BCUT2D eigenvalue weighted by Gasteiger charge is -2.01. The molecule has 0 radical (unpaired) electrons. The Balaban J connectivity index is 1.97. The zero-order valence-electron chi connectivity index (χ0n) is 9.42. The molecule has 0 aliphatic carbocycles. The fourth-order valence-electron chi connectivity index (χ4n) is 1.41. The molecule has 0 aliphatic heterocycles. The summed E-state index contributed by atoms with van der Waals surface area (Å²) in [6, 6.07) is 9.54. The predicted molar refractivity (Wildman–Crippen MR) is 76.8 cm³/mol. The van der Waals surface area contributed by atoms with E-state index in [1.807, 2.05) is 30.3 Å². The molecule has 3 N–H and O–H groups in total. The van der Waals surface area contributed by atoms with E-state index >= 15 is 0 Å². The molecule has 0 fully saturated rings. The summed E-state index contributed by atoms with van der Waals surface area (Å²) in [4.78, 5) is 16.0. The average molecular weight is 277 g/mol. The van der Waals surface area contributed by atoms with Gasteiger partial charge >= 0.3 is 0 Å². The highest BCUT2D eigenvalue weighted by atomic mass is 32.1. The third-order valence-electron chi connectivity index (χ3n) is 2.19. The number of hydrogen-bond donors (Lipinski definition) is 2. The van der Waals surface area contributed by atoms with Crippen molar-refractivity contribution in [1.82, 2.24) is 4.98 Å². The lowest BCUT2D eigenvalue weighted by Crippen LogP contribution is -2.13. The Morgan fingerprint density at radius 1 is 1.39 bits per heavy atom. The second-order valence-electron chi connectivity index (χ2n) is 3.60. The van der Waals surface area contributed by atoms with Gasteiger partial charge in [0.25, 0.3) is 0 Å². The molecular formula is C12H11N3OS2. The van der Waals surface area contributed by atoms with Gasteiger partial charge < -0.3 is 11.1 Å². The van der Waals surface area contributed by atoms with E-state index in [0.29, 0.717) is 16.4 Å². The van der Waals surface area contributed by atoms with Gasteiger partial charge in [0, 0.05) is 0 Å². The summed E-state index contributed by atoms with van der Waals surface area (Å²) in [6.45, 7) is 0. The van der Waals surface area contributed by atoms with Crippen LogP contribution in [-0.4, -0.2) is 15.9 Å². The number of anilines is 1. The number of thiazole rings is 1. The maximum absolute atomic E-state index is 11.8. The number of nitrogens with one attached hydrogen (secondary N) is 1. The first-order valence-electron chi connectivity index (χ1n) is 5.24. The van der Waals surface area contributed by atoms with Gasteiger partial charge in [0.05, 0.1) is 12.6 Å². The number of nitrogens with two attached hydrogens (primary N) is 1. The van der Waals surface area contributed by atoms with Crippen LogP contribution in [-0.2, 0) is 11.2 Å². The first-order chi connectivity index (χ1) is 8.65. The summed E-state index contributed by atoms with van der Waals surface area (Å²) in [5, 5.41) is 3.97. The van der Waals surface area contributed by atoms with Crippen LogP contribution < -0.4 is 11.1 Å². The molecule has 4 nitrogen and oxygen atoms in total. The number of thiocarbonyl (C=S) groups is 1. The Morgan fingerprint density at radius 2 is 2.11 bits per heavy atom. The van der Waals surface area contributed by atoms with E-state index in [1.54, 1.807) is 6.20 Å².